The molecule has 0 aliphatic carbocycles. The summed E-state index contributed by atoms with van der Waals surface area (Å²) >= 11 is 0. The molecule has 291 valence electrons. The summed E-state index contributed by atoms with van der Waals surface area (Å²) in [7, 11) is 0. The second kappa shape index (κ2) is 35.0. The Bertz CT molecular complexity index is 1500. The van der Waals surface area contributed by atoms with Gasteiger partial charge in [-0.3, -0.25) is 20.0 Å². The molecule has 0 N–H and O–H groups in total. The zero-order valence-corrected chi connectivity index (χ0v) is 33.9. The number of carboxylic acids is 2. The standard InChI is InChI=1S/2C18H20N2O2.2C2H4O2.3Mn/c2*21-17-9-3-1-7-15(17)13-19-11-5-6-12-20-14-16-8-2-4-10-18(16)22;2*1-2(3)4;;;/h2*1-4,7-10,13-14,21-22H,5-6,11-12H2;2*1H3,(H,3,4);;;/q;;;;3*+2/p-6. The molecule has 0 aliphatic rings. The predicted octanol–water partition coefficient (Wildman–Crippen LogP) is 1.81. The molecule has 0 aromatic heterocycles. The van der Waals surface area contributed by atoms with Crippen molar-refractivity contribution in [1.29, 1.82) is 0 Å². The molecule has 0 bridgehead atoms. The van der Waals surface area contributed by atoms with Crippen molar-refractivity contribution in [3.05, 3.63) is 119 Å². The van der Waals surface area contributed by atoms with E-state index in [2.05, 4.69) is 20.0 Å². The summed E-state index contributed by atoms with van der Waals surface area (Å²) < 4.78 is 0. The van der Waals surface area contributed by atoms with E-state index in [0.717, 1.165) is 39.5 Å². The Morgan fingerprint density at radius 3 is 0.745 bits per heavy atom. The van der Waals surface area contributed by atoms with E-state index in [4.69, 9.17) is 19.8 Å². The van der Waals surface area contributed by atoms with Gasteiger partial charge in [-0.1, -0.05) is 97.1 Å². The number of carbonyl (C=O) groups excluding carboxylic acids is 2. The Balaban J connectivity index is -0.000000786. The van der Waals surface area contributed by atoms with Crippen LogP contribution in [-0.4, -0.2) is 63.0 Å². The van der Waals surface area contributed by atoms with Gasteiger partial charge in [0.2, 0.25) is 0 Å². The molecular formula is C40H42Mn3N4O8. The Labute approximate surface area is 354 Å². The maximum absolute atomic E-state index is 11.5. The van der Waals surface area contributed by atoms with Crippen LogP contribution in [0.15, 0.2) is 117 Å². The van der Waals surface area contributed by atoms with Crippen LogP contribution in [0.25, 0.3) is 0 Å². The second-order valence-corrected chi connectivity index (χ2v) is 10.7. The summed E-state index contributed by atoms with van der Waals surface area (Å²) in [6, 6.07) is 27.3. The van der Waals surface area contributed by atoms with Gasteiger partial charge in [0, 0.05) is 63.0 Å². The third-order valence-corrected chi connectivity index (χ3v) is 6.25. The maximum atomic E-state index is 11.5. The SMILES string of the molecule is CC(=O)[O-].CC(=O)[O-].[Mn+2].[Mn+2].[Mn+2].[O-]c1ccccc1C=NCCCCN=Cc1ccccc1[O-].[O-]c1ccccc1C=NCCCCN=Cc1ccccc1[O-]. The van der Waals surface area contributed by atoms with Crippen LogP contribution in [0.3, 0.4) is 0 Å². The van der Waals surface area contributed by atoms with Crippen LogP contribution in [0, 0.1) is 0 Å². The summed E-state index contributed by atoms with van der Waals surface area (Å²) in [6.45, 7) is 4.62. The van der Waals surface area contributed by atoms with E-state index < -0.39 is 11.9 Å². The first-order valence-electron chi connectivity index (χ1n) is 16.4. The van der Waals surface area contributed by atoms with Gasteiger partial charge in [0.25, 0.3) is 0 Å². The molecule has 0 spiro atoms. The molecule has 12 nitrogen and oxygen atoms in total. The van der Waals surface area contributed by atoms with E-state index in [1.54, 1.807) is 73.4 Å². The van der Waals surface area contributed by atoms with Gasteiger partial charge in [-0.2, -0.15) is 0 Å². The molecule has 15 heteroatoms. The van der Waals surface area contributed by atoms with Crippen LogP contribution < -0.4 is 30.6 Å². The van der Waals surface area contributed by atoms with Gasteiger partial charge in [-0.15, -0.1) is 23.0 Å². The molecule has 0 atom stereocenters. The first kappa shape index (κ1) is 54.6. The number of nitrogens with zero attached hydrogens (tertiary/aromatic N) is 4. The van der Waals surface area contributed by atoms with Crippen LogP contribution in [0.4, 0.5) is 0 Å². The van der Waals surface area contributed by atoms with Gasteiger partial charge in [0.15, 0.2) is 0 Å². The van der Waals surface area contributed by atoms with Crippen molar-refractivity contribution in [2.75, 3.05) is 26.2 Å². The number of para-hydroxylation sites is 4. The Morgan fingerprint density at radius 2 is 0.582 bits per heavy atom. The topological polar surface area (TPSA) is 222 Å². The number of hydrogen-bond donors (Lipinski definition) is 0. The number of aliphatic imine (C=N–C) groups is 4. The summed E-state index contributed by atoms with van der Waals surface area (Å²) in [6.07, 6.45) is 10.1. The fraction of sp³-hybridized carbons (Fsp3) is 0.250. The minimum Gasteiger partial charge on any atom is -0.872 e. The van der Waals surface area contributed by atoms with E-state index in [1.807, 2.05) is 24.3 Å². The first-order valence-corrected chi connectivity index (χ1v) is 16.4. The van der Waals surface area contributed by atoms with Gasteiger partial charge in [-0.25, -0.2) is 0 Å². The molecule has 4 aromatic carbocycles. The molecule has 0 saturated heterocycles. The molecule has 55 heavy (non-hydrogen) atoms. The molecule has 0 fully saturated rings. The number of hydrogen-bond acceptors (Lipinski definition) is 12. The van der Waals surface area contributed by atoms with Crippen LogP contribution >= 0.6 is 0 Å². The van der Waals surface area contributed by atoms with Crippen molar-refractivity contribution in [3.8, 4) is 23.0 Å². The van der Waals surface area contributed by atoms with E-state index in [1.165, 1.54) is 24.3 Å². The van der Waals surface area contributed by atoms with Gasteiger partial charge in [-0.05, 0) is 61.8 Å². The molecular weight excluding hydrogens is 829 g/mol. The molecule has 4 aromatic rings. The fourth-order valence-corrected chi connectivity index (χ4v) is 3.81. The normalized spacial score (nSPS) is 10.1. The Morgan fingerprint density at radius 1 is 0.418 bits per heavy atom. The van der Waals surface area contributed by atoms with Crippen molar-refractivity contribution in [2.24, 2.45) is 20.0 Å². The smallest absolute Gasteiger partial charge is 0.872 e. The van der Waals surface area contributed by atoms with Gasteiger partial charge >= 0.3 is 51.2 Å². The minimum atomic E-state index is -1.08. The molecule has 0 saturated carbocycles. The van der Waals surface area contributed by atoms with Crippen LogP contribution in [-0.2, 0) is 60.8 Å². The van der Waals surface area contributed by atoms with Crippen molar-refractivity contribution in [1.82, 2.24) is 0 Å². The monoisotopic (exact) mass is 871 g/mol. The Kier molecular flexibility index (Phi) is 34.7. The van der Waals surface area contributed by atoms with Gasteiger partial charge in [0.1, 0.15) is 0 Å². The average Bonchev–Trinajstić information content (AvgIpc) is 3.10. The zero-order chi connectivity index (χ0) is 38.4. The van der Waals surface area contributed by atoms with Crippen molar-refractivity contribution in [2.45, 2.75) is 39.5 Å². The fourth-order valence-electron chi connectivity index (χ4n) is 3.81. The number of aliphatic carboxylic acids is 2. The minimum absolute atomic E-state index is 0. The quantitative estimate of drug-likeness (QED) is 0.103. The number of carbonyl (C=O) groups is 2. The number of carboxylic acid groups (broad SMARTS) is 2. The van der Waals surface area contributed by atoms with E-state index >= 15 is 0 Å². The van der Waals surface area contributed by atoms with E-state index in [-0.39, 0.29) is 74.2 Å². The summed E-state index contributed by atoms with van der Waals surface area (Å²) in [5, 5.41) is 63.6. The average molecular weight is 872 g/mol. The number of unbranched alkanes of at least 4 members (excludes halogenated alkanes) is 2. The molecule has 0 heterocycles. The number of rotatable bonds is 14. The van der Waals surface area contributed by atoms with E-state index in [0.29, 0.717) is 48.4 Å². The molecule has 0 amide bonds. The third kappa shape index (κ3) is 29.3. The third-order valence-electron chi connectivity index (χ3n) is 6.25. The van der Waals surface area contributed by atoms with Crippen LogP contribution in [0.2, 0.25) is 0 Å². The van der Waals surface area contributed by atoms with Crippen molar-refractivity contribution < 1.29 is 91.4 Å². The summed E-state index contributed by atoms with van der Waals surface area (Å²) in [5.41, 5.74) is 2.47. The molecule has 4 rings (SSSR count). The van der Waals surface area contributed by atoms with Crippen molar-refractivity contribution in [3.63, 3.8) is 0 Å². The summed E-state index contributed by atoms with van der Waals surface area (Å²) in [5.74, 6) is -2.20. The maximum Gasteiger partial charge on any atom is 2.00 e. The largest absolute Gasteiger partial charge is 2.00 e. The van der Waals surface area contributed by atoms with Gasteiger partial charge < -0.3 is 40.2 Å². The van der Waals surface area contributed by atoms with Crippen LogP contribution in [0.5, 0.6) is 23.0 Å². The second-order valence-electron chi connectivity index (χ2n) is 10.7. The van der Waals surface area contributed by atoms with Gasteiger partial charge in [0.05, 0.1) is 0 Å². The van der Waals surface area contributed by atoms with E-state index in [9.17, 15) is 20.4 Å². The zero-order valence-electron chi connectivity index (χ0n) is 30.4. The first-order chi connectivity index (χ1) is 25.0. The molecule has 3 radical (unpaired) electrons. The van der Waals surface area contributed by atoms with Crippen LogP contribution in [0.1, 0.15) is 61.8 Å². The van der Waals surface area contributed by atoms with Crippen molar-refractivity contribution >= 4 is 36.8 Å². The molecule has 0 unspecified atom stereocenters. The summed E-state index contributed by atoms with van der Waals surface area (Å²) in [4.78, 5) is 34.8. The number of benzene rings is 4. The Hall–Kier alpha value is -4.74. The molecule has 0 aliphatic heterocycles. The predicted molar refractivity (Wildman–Crippen MR) is 193 cm³/mol.